The summed E-state index contributed by atoms with van der Waals surface area (Å²) in [6, 6.07) is 1.68. The van der Waals surface area contributed by atoms with Crippen LogP contribution in [0.1, 0.15) is 26.2 Å². The summed E-state index contributed by atoms with van der Waals surface area (Å²) < 4.78 is 0. The Morgan fingerprint density at radius 2 is 2.24 bits per heavy atom. The largest absolute Gasteiger partial charge is 0.382 e. The summed E-state index contributed by atoms with van der Waals surface area (Å²) in [5, 5.41) is 1.00. The predicted octanol–water partition coefficient (Wildman–Crippen LogP) is 3.60. The lowest BCUT2D eigenvalue weighted by atomic mass is 9.96. The molecule has 0 spiro atoms. The Bertz CT molecular complexity index is 409. The minimum atomic E-state index is 0.352. The Balaban J connectivity index is 2.24. The molecular weight excluding hydrogens is 257 g/mol. The second-order valence-electron chi connectivity index (χ2n) is 4.52. The Hall–Kier alpha value is -0.670. The van der Waals surface area contributed by atoms with Crippen LogP contribution in [0.5, 0.6) is 0 Å². The number of hydrogen-bond donors (Lipinski definition) is 1. The maximum atomic E-state index is 6.18. The van der Waals surface area contributed by atoms with E-state index in [2.05, 4.69) is 16.8 Å². The Morgan fingerprint density at radius 3 is 2.94 bits per heavy atom. The molecule has 1 aromatic rings. The second-order valence-corrected chi connectivity index (χ2v) is 5.34. The number of piperidine rings is 1. The molecule has 0 aliphatic carbocycles. The van der Waals surface area contributed by atoms with Crippen LogP contribution < -0.4 is 10.6 Å². The number of anilines is 2. The molecule has 1 aromatic heterocycles. The van der Waals surface area contributed by atoms with Crippen LogP contribution in [0, 0.1) is 5.92 Å². The molecule has 1 atom stereocenters. The highest BCUT2D eigenvalue weighted by molar-refractivity contribution is 6.37. The highest BCUT2D eigenvalue weighted by Gasteiger charge is 2.22. The molecule has 3 nitrogen and oxygen atoms in total. The van der Waals surface area contributed by atoms with E-state index in [0.717, 1.165) is 24.8 Å². The van der Waals surface area contributed by atoms with Gasteiger partial charge in [-0.2, -0.15) is 0 Å². The third kappa shape index (κ3) is 2.78. The molecule has 2 heterocycles. The third-order valence-electron chi connectivity index (χ3n) is 3.33. The van der Waals surface area contributed by atoms with Gasteiger partial charge in [-0.05, 0) is 24.8 Å². The standard InChI is InChI=1S/C12H17Cl2N3/c1-2-8-4-3-5-17(7-8)12-10(14)6-9(13)11(15)16-12/h6,8H,2-5,7H2,1H3,(H2,15,16). The fourth-order valence-electron chi connectivity index (χ4n) is 2.28. The van der Waals surface area contributed by atoms with Gasteiger partial charge in [0.25, 0.3) is 0 Å². The van der Waals surface area contributed by atoms with Crippen molar-refractivity contribution in [1.29, 1.82) is 0 Å². The van der Waals surface area contributed by atoms with Crippen LogP contribution in [-0.2, 0) is 0 Å². The van der Waals surface area contributed by atoms with E-state index in [9.17, 15) is 0 Å². The van der Waals surface area contributed by atoms with Crippen molar-refractivity contribution in [3.63, 3.8) is 0 Å². The second kappa shape index (κ2) is 5.32. The van der Waals surface area contributed by atoms with Crippen LogP contribution >= 0.6 is 23.2 Å². The molecule has 17 heavy (non-hydrogen) atoms. The van der Waals surface area contributed by atoms with Crippen molar-refractivity contribution >= 4 is 34.8 Å². The van der Waals surface area contributed by atoms with Gasteiger partial charge in [-0.3, -0.25) is 0 Å². The van der Waals surface area contributed by atoms with Crippen molar-refractivity contribution in [2.24, 2.45) is 5.92 Å². The highest BCUT2D eigenvalue weighted by atomic mass is 35.5. The molecule has 0 bridgehead atoms. The molecule has 2 rings (SSSR count). The van der Waals surface area contributed by atoms with E-state index in [0.29, 0.717) is 15.9 Å². The van der Waals surface area contributed by atoms with Gasteiger partial charge in [0.05, 0.1) is 10.0 Å². The average Bonchev–Trinajstić information content (AvgIpc) is 2.34. The molecule has 1 aliphatic heterocycles. The van der Waals surface area contributed by atoms with Crippen molar-refractivity contribution in [3.8, 4) is 0 Å². The Kier molecular flexibility index (Phi) is 4.00. The summed E-state index contributed by atoms with van der Waals surface area (Å²) in [7, 11) is 0. The summed E-state index contributed by atoms with van der Waals surface area (Å²) in [6.45, 7) is 4.22. The fraction of sp³-hybridized carbons (Fsp3) is 0.583. The lowest BCUT2D eigenvalue weighted by molar-refractivity contribution is 0.403. The third-order valence-corrected chi connectivity index (χ3v) is 3.91. The molecule has 1 saturated heterocycles. The van der Waals surface area contributed by atoms with Crippen LogP contribution in [0.3, 0.4) is 0 Å². The molecule has 0 radical (unpaired) electrons. The molecule has 1 unspecified atom stereocenters. The number of pyridine rings is 1. The van der Waals surface area contributed by atoms with Crippen LogP contribution in [0.2, 0.25) is 10.0 Å². The lowest BCUT2D eigenvalue weighted by Crippen LogP contribution is -2.36. The summed E-state index contributed by atoms with van der Waals surface area (Å²) >= 11 is 12.1. The summed E-state index contributed by atoms with van der Waals surface area (Å²) in [6.07, 6.45) is 3.66. The van der Waals surface area contributed by atoms with E-state index in [1.807, 2.05) is 0 Å². The number of hydrogen-bond acceptors (Lipinski definition) is 3. The van der Waals surface area contributed by atoms with Gasteiger partial charge < -0.3 is 10.6 Å². The lowest BCUT2D eigenvalue weighted by Gasteiger charge is -2.33. The number of rotatable bonds is 2. The summed E-state index contributed by atoms with van der Waals surface area (Å²) in [4.78, 5) is 6.52. The van der Waals surface area contributed by atoms with E-state index in [-0.39, 0.29) is 0 Å². The summed E-state index contributed by atoms with van der Waals surface area (Å²) in [5.41, 5.74) is 5.73. The van der Waals surface area contributed by atoms with Gasteiger partial charge >= 0.3 is 0 Å². The molecule has 0 aromatic carbocycles. The minimum absolute atomic E-state index is 0.352. The first kappa shape index (κ1) is 12.8. The Morgan fingerprint density at radius 1 is 1.47 bits per heavy atom. The topological polar surface area (TPSA) is 42.2 Å². The molecule has 0 amide bonds. The van der Waals surface area contributed by atoms with Crippen molar-refractivity contribution in [3.05, 3.63) is 16.1 Å². The SMILES string of the molecule is CCC1CCCN(c2nc(N)c(Cl)cc2Cl)C1. The van der Waals surface area contributed by atoms with Crippen LogP contribution in [0.25, 0.3) is 0 Å². The maximum absolute atomic E-state index is 6.18. The van der Waals surface area contributed by atoms with E-state index in [1.54, 1.807) is 6.07 Å². The summed E-state index contributed by atoms with van der Waals surface area (Å²) in [5.74, 6) is 1.84. The monoisotopic (exact) mass is 273 g/mol. The quantitative estimate of drug-likeness (QED) is 0.896. The minimum Gasteiger partial charge on any atom is -0.382 e. The zero-order chi connectivity index (χ0) is 12.4. The van der Waals surface area contributed by atoms with E-state index >= 15 is 0 Å². The number of nitrogens with zero attached hydrogens (tertiary/aromatic N) is 2. The number of halogens is 2. The van der Waals surface area contributed by atoms with Gasteiger partial charge in [0.15, 0.2) is 0 Å². The van der Waals surface area contributed by atoms with Crippen molar-refractivity contribution in [1.82, 2.24) is 4.98 Å². The zero-order valence-electron chi connectivity index (χ0n) is 9.92. The van der Waals surface area contributed by atoms with Crippen molar-refractivity contribution in [2.45, 2.75) is 26.2 Å². The van der Waals surface area contributed by atoms with Crippen LogP contribution in [-0.4, -0.2) is 18.1 Å². The molecule has 1 fully saturated rings. The van der Waals surface area contributed by atoms with E-state index in [4.69, 9.17) is 28.9 Å². The maximum Gasteiger partial charge on any atom is 0.149 e. The average molecular weight is 274 g/mol. The first-order valence-corrected chi connectivity index (χ1v) is 6.74. The van der Waals surface area contributed by atoms with Gasteiger partial charge in [0, 0.05) is 13.1 Å². The van der Waals surface area contributed by atoms with Gasteiger partial charge in [0.1, 0.15) is 11.6 Å². The number of nitrogens with two attached hydrogens (primary N) is 1. The smallest absolute Gasteiger partial charge is 0.149 e. The van der Waals surface area contributed by atoms with Gasteiger partial charge in [-0.25, -0.2) is 4.98 Å². The van der Waals surface area contributed by atoms with Crippen molar-refractivity contribution < 1.29 is 0 Å². The molecule has 1 aliphatic rings. The molecular formula is C12H17Cl2N3. The number of nitrogen functional groups attached to an aromatic ring is 1. The normalized spacial score (nSPS) is 20.6. The van der Waals surface area contributed by atoms with E-state index in [1.165, 1.54) is 19.3 Å². The molecule has 0 saturated carbocycles. The molecule has 2 N–H and O–H groups in total. The predicted molar refractivity (Wildman–Crippen MR) is 73.9 cm³/mol. The highest BCUT2D eigenvalue weighted by Crippen LogP contribution is 2.32. The Labute approximate surface area is 112 Å². The van der Waals surface area contributed by atoms with Gasteiger partial charge in [-0.15, -0.1) is 0 Å². The molecule has 5 heteroatoms. The van der Waals surface area contributed by atoms with Gasteiger partial charge in [0.2, 0.25) is 0 Å². The van der Waals surface area contributed by atoms with Crippen molar-refractivity contribution in [2.75, 3.05) is 23.7 Å². The fourth-order valence-corrected chi connectivity index (χ4v) is 2.76. The first-order valence-electron chi connectivity index (χ1n) is 5.98. The van der Waals surface area contributed by atoms with Crippen LogP contribution in [0.15, 0.2) is 6.07 Å². The van der Waals surface area contributed by atoms with E-state index < -0.39 is 0 Å². The molecule has 94 valence electrons. The first-order chi connectivity index (χ1) is 8.11. The number of aromatic nitrogens is 1. The van der Waals surface area contributed by atoms with Gasteiger partial charge in [-0.1, -0.05) is 36.5 Å². The zero-order valence-corrected chi connectivity index (χ0v) is 11.4. The van der Waals surface area contributed by atoms with Crippen LogP contribution in [0.4, 0.5) is 11.6 Å².